The van der Waals surface area contributed by atoms with Crippen LogP contribution in [0.4, 0.5) is 5.69 Å². The molecule has 1 aromatic carbocycles. The maximum absolute atomic E-state index is 4.41. The summed E-state index contributed by atoms with van der Waals surface area (Å²) in [7, 11) is 2.05. The minimum absolute atomic E-state index is 0.559. The molecule has 3 rings (SSSR count). The average molecular weight is 227 g/mol. The summed E-state index contributed by atoms with van der Waals surface area (Å²) in [5, 5.41) is 0. The lowest BCUT2D eigenvalue weighted by Gasteiger charge is -2.24. The molecule has 3 heteroatoms. The Hall–Kier alpha value is -1.77. The molecule has 0 bridgehead atoms. The van der Waals surface area contributed by atoms with Crippen LogP contribution in [0.1, 0.15) is 18.3 Å². The van der Waals surface area contributed by atoms with E-state index in [1.165, 1.54) is 11.3 Å². The van der Waals surface area contributed by atoms with Gasteiger partial charge in [-0.3, -0.25) is 0 Å². The second kappa shape index (κ2) is 3.91. The summed E-state index contributed by atoms with van der Waals surface area (Å²) in [4.78, 5) is 6.85. The van der Waals surface area contributed by atoms with Crippen molar-refractivity contribution in [1.82, 2.24) is 9.55 Å². The van der Waals surface area contributed by atoms with Gasteiger partial charge >= 0.3 is 0 Å². The van der Waals surface area contributed by atoms with E-state index >= 15 is 0 Å². The standard InChI is InChI=1S/C14H17N3/c1-11-9-12-5-3-4-6-13(12)17(11)10-14-15-7-8-16(14)2/h3-8,11H,9-10H2,1-2H3. The number of imidazole rings is 1. The predicted molar refractivity (Wildman–Crippen MR) is 69.0 cm³/mol. The molecule has 0 saturated carbocycles. The molecule has 0 radical (unpaired) electrons. The van der Waals surface area contributed by atoms with E-state index in [0.29, 0.717) is 6.04 Å². The molecular formula is C14H17N3. The Labute approximate surface area is 102 Å². The van der Waals surface area contributed by atoms with E-state index < -0.39 is 0 Å². The average Bonchev–Trinajstić information content (AvgIpc) is 2.85. The summed E-state index contributed by atoms with van der Waals surface area (Å²) in [5.74, 6) is 1.12. The first-order valence-electron chi connectivity index (χ1n) is 6.06. The SMILES string of the molecule is CC1Cc2ccccc2N1Cc1nccn1C. The van der Waals surface area contributed by atoms with Crippen LogP contribution in [0.5, 0.6) is 0 Å². The van der Waals surface area contributed by atoms with Crippen molar-refractivity contribution in [3.8, 4) is 0 Å². The molecule has 0 spiro atoms. The third kappa shape index (κ3) is 1.71. The summed E-state index contributed by atoms with van der Waals surface area (Å²) in [6.07, 6.45) is 5.00. The first-order valence-corrected chi connectivity index (χ1v) is 6.06. The van der Waals surface area contributed by atoms with Crippen molar-refractivity contribution in [2.75, 3.05) is 4.90 Å². The summed E-state index contributed by atoms with van der Waals surface area (Å²) in [5.41, 5.74) is 2.82. The molecule has 0 aliphatic carbocycles. The van der Waals surface area contributed by atoms with Gasteiger partial charge < -0.3 is 9.47 Å². The van der Waals surface area contributed by atoms with Gasteiger partial charge in [0, 0.05) is 31.2 Å². The van der Waals surface area contributed by atoms with Crippen molar-refractivity contribution in [1.29, 1.82) is 0 Å². The predicted octanol–water partition coefficient (Wildman–Crippen LogP) is 2.37. The lowest BCUT2D eigenvalue weighted by atomic mass is 10.1. The van der Waals surface area contributed by atoms with Crippen molar-refractivity contribution in [3.05, 3.63) is 48.0 Å². The number of rotatable bonds is 2. The van der Waals surface area contributed by atoms with E-state index in [2.05, 4.69) is 52.7 Å². The third-order valence-electron chi connectivity index (χ3n) is 3.58. The summed E-state index contributed by atoms with van der Waals surface area (Å²) >= 11 is 0. The monoisotopic (exact) mass is 227 g/mol. The van der Waals surface area contributed by atoms with Crippen molar-refractivity contribution in [3.63, 3.8) is 0 Å². The zero-order valence-electron chi connectivity index (χ0n) is 10.3. The first-order chi connectivity index (χ1) is 8.25. The lowest BCUT2D eigenvalue weighted by molar-refractivity contribution is 0.640. The molecule has 1 aliphatic rings. The molecule has 1 aliphatic heterocycles. The number of para-hydroxylation sites is 1. The largest absolute Gasteiger partial charge is 0.361 e. The second-order valence-corrected chi connectivity index (χ2v) is 4.76. The quantitative estimate of drug-likeness (QED) is 0.785. The number of hydrogen-bond acceptors (Lipinski definition) is 2. The minimum atomic E-state index is 0.559. The molecule has 3 nitrogen and oxygen atoms in total. The van der Waals surface area contributed by atoms with Crippen LogP contribution in [-0.4, -0.2) is 15.6 Å². The van der Waals surface area contributed by atoms with Gasteiger partial charge in [0.25, 0.3) is 0 Å². The molecule has 2 heterocycles. The Morgan fingerprint density at radius 1 is 1.35 bits per heavy atom. The van der Waals surface area contributed by atoms with Gasteiger partial charge in [-0.05, 0) is 25.0 Å². The van der Waals surface area contributed by atoms with Gasteiger partial charge in [0.1, 0.15) is 5.82 Å². The van der Waals surface area contributed by atoms with E-state index in [1.807, 2.05) is 12.4 Å². The Balaban J connectivity index is 1.91. The van der Waals surface area contributed by atoms with E-state index in [1.54, 1.807) is 0 Å². The van der Waals surface area contributed by atoms with E-state index in [0.717, 1.165) is 18.8 Å². The number of nitrogens with zero attached hydrogens (tertiary/aromatic N) is 3. The normalized spacial score (nSPS) is 18.5. The van der Waals surface area contributed by atoms with E-state index in [4.69, 9.17) is 0 Å². The fourth-order valence-corrected chi connectivity index (χ4v) is 2.57. The Kier molecular flexibility index (Phi) is 2.39. The van der Waals surface area contributed by atoms with Crippen LogP contribution in [0.2, 0.25) is 0 Å². The topological polar surface area (TPSA) is 21.1 Å². The minimum Gasteiger partial charge on any atom is -0.361 e. The van der Waals surface area contributed by atoms with E-state index in [-0.39, 0.29) is 0 Å². The molecule has 1 unspecified atom stereocenters. The molecule has 0 N–H and O–H groups in total. The molecule has 0 fully saturated rings. The number of aryl methyl sites for hydroxylation is 1. The fourth-order valence-electron chi connectivity index (χ4n) is 2.57. The van der Waals surface area contributed by atoms with Crippen molar-refractivity contribution >= 4 is 5.69 Å². The van der Waals surface area contributed by atoms with Crippen molar-refractivity contribution in [2.24, 2.45) is 7.05 Å². The summed E-state index contributed by atoms with van der Waals surface area (Å²) in [6.45, 7) is 3.17. The molecule has 1 atom stereocenters. The van der Waals surface area contributed by atoms with Gasteiger partial charge in [0.05, 0.1) is 6.54 Å². The maximum Gasteiger partial charge on any atom is 0.127 e. The highest BCUT2D eigenvalue weighted by Crippen LogP contribution is 2.32. The zero-order valence-corrected chi connectivity index (χ0v) is 10.3. The molecular weight excluding hydrogens is 210 g/mol. The highest BCUT2D eigenvalue weighted by molar-refractivity contribution is 5.59. The van der Waals surface area contributed by atoms with Crippen LogP contribution in [0.15, 0.2) is 36.7 Å². The number of benzene rings is 1. The number of anilines is 1. The van der Waals surface area contributed by atoms with Crippen LogP contribution in [0.25, 0.3) is 0 Å². The van der Waals surface area contributed by atoms with Crippen LogP contribution >= 0.6 is 0 Å². The Bertz CT molecular complexity index is 530. The zero-order chi connectivity index (χ0) is 11.8. The van der Waals surface area contributed by atoms with E-state index in [9.17, 15) is 0 Å². The van der Waals surface area contributed by atoms with Gasteiger partial charge in [-0.2, -0.15) is 0 Å². The lowest BCUT2D eigenvalue weighted by Crippen LogP contribution is -2.29. The van der Waals surface area contributed by atoms with Crippen LogP contribution in [0.3, 0.4) is 0 Å². The highest BCUT2D eigenvalue weighted by atomic mass is 15.2. The first kappa shape index (κ1) is 10.4. The summed E-state index contributed by atoms with van der Waals surface area (Å²) < 4.78 is 2.09. The fraction of sp³-hybridized carbons (Fsp3) is 0.357. The van der Waals surface area contributed by atoms with Gasteiger partial charge in [-0.15, -0.1) is 0 Å². The van der Waals surface area contributed by atoms with Gasteiger partial charge in [-0.1, -0.05) is 18.2 Å². The second-order valence-electron chi connectivity index (χ2n) is 4.76. The Morgan fingerprint density at radius 2 is 2.18 bits per heavy atom. The smallest absolute Gasteiger partial charge is 0.127 e. The number of fused-ring (bicyclic) bond motifs is 1. The molecule has 1 aromatic heterocycles. The van der Waals surface area contributed by atoms with Crippen molar-refractivity contribution < 1.29 is 0 Å². The third-order valence-corrected chi connectivity index (χ3v) is 3.58. The Morgan fingerprint density at radius 3 is 2.94 bits per heavy atom. The highest BCUT2D eigenvalue weighted by Gasteiger charge is 2.26. The molecule has 88 valence electrons. The number of hydrogen-bond donors (Lipinski definition) is 0. The van der Waals surface area contributed by atoms with Crippen LogP contribution < -0.4 is 4.90 Å². The molecule has 17 heavy (non-hydrogen) atoms. The van der Waals surface area contributed by atoms with Gasteiger partial charge in [-0.25, -0.2) is 4.98 Å². The van der Waals surface area contributed by atoms with Crippen LogP contribution in [0, 0.1) is 0 Å². The van der Waals surface area contributed by atoms with Crippen LogP contribution in [-0.2, 0) is 20.0 Å². The number of aromatic nitrogens is 2. The van der Waals surface area contributed by atoms with Crippen molar-refractivity contribution in [2.45, 2.75) is 25.9 Å². The molecule has 0 saturated heterocycles. The maximum atomic E-state index is 4.41. The van der Waals surface area contributed by atoms with Gasteiger partial charge in [0.15, 0.2) is 0 Å². The summed E-state index contributed by atoms with van der Waals surface area (Å²) in [6, 6.07) is 9.23. The molecule has 0 amide bonds. The molecule has 2 aromatic rings. The van der Waals surface area contributed by atoms with Gasteiger partial charge in [0.2, 0.25) is 0 Å².